The molecule has 0 saturated heterocycles. The average Bonchev–Trinajstić information content (AvgIpc) is 3.40. The van der Waals surface area contributed by atoms with E-state index in [-0.39, 0.29) is 24.5 Å². The number of ether oxygens (including phenoxy) is 1. The first-order chi connectivity index (χ1) is 17.8. The molecular formula is C24H30N7O5P. The molecule has 0 spiro atoms. The summed E-state index contributed by atoms with van der Waals surface area (Å²) in [6.45, 7) is 1.64. The van der Waals surface area contributed by atoms with Crippen molar-refractivity contribution in [3.63, 3.8) is 0 Å². The van der Waals surface area contributed by atoms with Crippen LogP contribution in [-0.2, 0) is 18.6 Å². The molecule has 1 unspecified atom stereocenters. The third kappa shape index (κ3) is 5.93. The molecule has 4 atom stereocenters. The van der Waals surface area contributed by atoms with Crippen LogP contribution in [0.4, 0.5) is 11.8 Å². The summed E-state index contributed by atoms with van der Waals surface area (Å²) in [5.74, 6) is 0.547. The molecule has 3 aromatic rings. The van der Waals surface area contributed by atoms with E-state index in [0.29, 0.717) is 35.2 Å². The van der Waals surface area contributed by atoms with E-state index in [1.54, 1.807) is 30.6 Å². The molecule has 196 valence electrons. The fourth-order valence-corrected chi connectivity index (χ4v) is 5.70. The van der Waals surface area contributed by atoms with Gasteiger partial charge in [0, 0.05) is 12.0 Å². The number of aromatic nitrogens is 4. The second kappa shape index (κ2) is 10.5. The number of benzene rings is 1. The lowest BCUT2D eigenvalue weighted by Gasteiger charge is -2.23. The maximum Gasteiger partial charge on any atom is 0.459 e. The molecule has 2 aliphatic carbocycles. The molecule has 0 radical (unpaired) electrons. The molecule has 1 saturated carbocycles. The van der Waals surface area contributed by atoms with Crippen molar-refractivity contribution in [2.24, 2.45) is 5.92 Å². The number of fused-ring (bicyclic) bond motifs is 1. The highest BCUT2D eigenvalue weighted by Crippen LogP contribution is 2.46. The van der Waals surface area contributed by atoms with Gasteiger partial charge in [-0.2, -0.15) is 15.1 Å². The molecule has 13 heteroatoms. The third-order valence-corrected chi connectivity index (χ3v) is 7.84. The molecule has 4 N–H and O–H groups in total. The SMILES string of the molecule is COC(=O)[C@H](C)NP(=O)(OC[C@@H]1C=C[C@H](n2cnc3c(NC4CC4)nc(N)nc32)C1)Oc1ccccc1. The maximum atomic E-state index is 13.6. The summed E-state index contributed by atoms with van der Waals surface area (Å²) in [7, 11) is -2.64. The van der Waals surface area contributed by atoms with Gasteiger partial charge in [-0.3, -0.25) is 9.32 Å². The quantitative estimate of drug-likeness (QED) is 0.191. The number of nitrogen functional groups attached to an aromatic ring is 1. The fourth-order valence-electron chi connectivity index (χ4n) is 4.15. The molecule has 2 aromatic heterocycles. The van der Waals surface area contributed by atoms with Gasteiger partial charge in [-0.1, -0.05) is 30.4 Å². The number of methoxy groups -OCH3 is 1. The highest BCUT2D eigenvalue weighted by Gasteiger charge is 2.34. The Morgan fingerprint density at radius 3 is 2.76 bits per heavy atom. The van der Waals surface area contributed by atoms with Crippen LogP contribution in [0.25, 0.3) is 11.2 Å². The molecule has 2 heterocycles. The standard InChI is InChI=1S/C24H30N7O5P/c1-15(23(32)34-2)30-37(33,36-19-6-4-3-5-7-19)35-13-16-8-11-18(12-16)31-14-26-20-21(27-17-9-10-17)28-24(25)29-22(20)31/h3-8,11,14-18H,9-10,12-13H2,1-2H3,(H,30,33)(H3,25,27,28,29)/t15-,16+,18-,37?/m0/s1. The van der Waals surface area contributed by atoms with Crippen LogP contribution in [0.1, 0.15) is 32.2 Å². The maximum absolute atomic E-state index is 13.6. The van der Waals surface area contributed by atoms with Crippen LogP contribution < -0.4 is 20.7 Å². The third-order valence-electron chi connectivity index (χ3n) is 6.20. The van der Waals surface area contributed by atoms with Gasteiger partial charge in [0.1, 0.15) is 11.8 Å². The number of para-hydroxylation sites is 1. The Morgan fingerprint density at radius 2 is 2.03 bits per heavy atom. The summed E-state index contributed by atoms with van der Waals surface area (Å²) in [6, 6.07) is 8.11. The molecule has 0 aliphatic heterocycles. The van der Waals surface area contributed by atoms with E-state index in [1.807, 2.05) is 22.8 Å². The Labute approximate surface area is 214 Å². The van der Waals surface area contributed by atoms with E-state index in [4.69, 9.17) is 19.5 Å². The van der Waals surface area contributed by atoms with E-state index < -0.39 is 19.8 Å². The van der Waals surface area contributed by atoms with Gasteiger partial charge < -0.3 is 24.9 Å². The van der Waals surface area contributed by atoms with E-state index in [0.717, 1.165) is 12.8 Å². The first-order valence-corrected chi connectivity index (χ1v) is 13.7. The number of carbonyl (C=O) groups is 1. The van der Waals surface area contributed by atoms with Crippen molar-refractivity contribution < 1.29 is 23.1 Å². The van der Waals surface area contributed by atoms with E-state index in [1.165, 1.54) is 14.0 Å². The summed E-state index contributed by atoms with van der Waals surface area (Å²) in [5.41, 5.74) is 7.31. The Hall–Kier alpha value is -3.47. The minimum absolute atomic E-state index is 0.0435. The summed E-state index contributed by atoms with van der Waals surface area (Å²) >= 11 is 0. The highest BCUT2D eigenvalue weighted by molar-refractivity contribution is 7.52. The number of esters is 1. The predicted octanol–water partition coefficient (Wildman–Crippen LogP) is 3.45. The Balaban J connectivity index is 1.27. The minimum atomic E-state index is -3.91. The van der Waals surface area contributed by atoms with Crippen molar-refractivity contribution in [1.82, 2.24) is 24.6 Å². The largest absolute Gasteiger partial charge is 0.468 e. The summed E-state index contributed by atoms with van der Waals surface area (Å²) in [5, 5.41) is 6.04. The number of hydrogen-bond donors (Lipinski definition) is 3. The van der Waals surface area contributed by atoms with Gasteiger partial charge in [0.2, 0.25) is 5.95 Å². The van der Waals surface area contributed by atoms with Gasteiger partial charge in [0.05, 0.1) is 26.1 Å². The van der Waals surface area contributed by atoms with Crippen molar-refractivity contribution in [2.75, 3.05) is 24.8 Å². The molecule has 2 aliphatic rings. The van der Waals surface area contributed by atoms with Crippen molar-refractivity contribution in [3.8, 4) is 5.75 Å². The zero-order valence-electron chi connectivity index (χ0n) is 20.6. The fraction of sp³-hybridized carbons (Fsp3) is 0.417. The van der Waals surface area contributed by atoms with Gasteiger partial charge in [0.15, 0.2) is 17.0 Å². The number of hydrogen-bond acceptors (Lipinski definition) is 10. The lowest BCUT2D eigenvalue weighted by molar-refractivity contribution is -0.142. The number of anilines is 2. The van der Waals surface area contributed by atoms with Crippen molar-refractivity contribution in [3.05, 3.63) is 48.8 Å². The molecular weight excluding hydrogens is 497 g/mol. The van der Waals surface area contributed by atoms with Crippen LogP contribution in [0.3, 0.4) is 0 Å². The Bertz CT molecular complexity index is 1340. The first kappa shape index (κ1) is 25.2. The van der Waals surface area contributed by atoms with Crippen molar-refractivity contribution in [1.29, 1.82) is 0 Å². The van der Waals surface area contributed by atoms with Crippen molar-refractivity contribution in [2.45, 2.75) is 44.3 Å². The number of nitrogens with one attached hydrogen (secondary N) is 2. The Morgan fingerprint density at radius 1 is 1.24 bits per heavy atom. The Kier molecular flexibility index (Phi) is 7.14. The number of rotatable bonds is 11. The van der Waals surface area contributed by atoms with Crippen LogP contribution in [0, 0.1) is 5.92 Å². The normalized spacial score (nSPS) is 21.5. The second-order valence-corrected chi connectivity index (χ2v) is 10.9. The molecule has 1 fully saturated rings. The smallest absolute Gasteiger partial charge is 0.459 e. The minimum Gasteiger partial charge on any atom is -0.468 e. The molecule has 0 bridgehead atoms. The molecule has 5 rings (SSSR count). The van der Waals surface area contributed by atoms with Gasteiger partial charge >= 0.3 is 13.7 Å². The summed E-state index contributed by atoms with van der Waals surface area (Å²) < 4.78 is 31.8. The molecule has 1 aromatic carbocycles. The van der Waals surface area contributed by atoms with Crippen LogP contribution in [0.15, 0.2) is 48.8 Å². The molecule has 37 heavy (non-hydrogen) atoms. The van der Waals surface area contributed by atoms with Crippen LogP contribution in [0.2, 0.25) is 0 Å². The van der Waals surface area contributed by atoms with Gasteiger partial charge in [-0.05, 0) is 38.3 Å². The van der Waals surface area contributed by atoms with E-state index >= 15 is 0 Å². The number of carbonyl (C=O) groups excluding carboxylic acids is 1. The molecule has 12 nitrogen and oxygen atoms in total. The van der Waals surface area contributed by atoms with Crippen LogP contribution >= 0.6 is 7.75 Å². The van der Waals surface area contributed by atoms with Gasteiger partial charge in [-0.25, -0.2) is 9.55 Å². The van der Waals surface area contributed by atoms with Crippen LogP contribution in [0.5, 0.6) is 5.75 Å². The zero-order valence-corrected chi connectivity index (χ0v) is 21.5. The zero-order chi connectivity index (χ0) is 26.0. The second-order valence-electron chi connectivity index (χ2n) is 9.19. The highest BCUT2D eigenvalue weighted by atomic mass is 31.2. The number of imidazole rings is 1. The van der Waals surface area contributed by atoms with E-state index in [9.17, 15) is 9.36 Å². The van der Waals surface area contributed by atoms with Gasteiger partial charge in [0.25, 0.3) is 0 Å². The van der Waals surface area contributed by atoms with Crippen molar-refractivity contribution >= 4 is 36.6 Å². The lowest BCUT2D eigenvalue weighted by atomic mass is 10.1. The van der Waals surface area contributed by atoms with E-state index in [2.05, 4.69) is 25.4 Å². The topological polar surface area (TPSA) is 156 Å². The molecule has 0 amide bonds. The summed E-state index contributed by atoms with van der Waals surface area (Å²) in [4.78, 5) is 25.2. The van der Waals surface area contributed by atoms with Gasteiger partial charge in [-0.15, -0.1) is 0 Å². The average molecular weight is 528 g/mol. The number of allylic oxidation sites excluding steroid dienone is 1. The number of nitrogens with zero attached hydrogens (tertiary/aromatic N) is 4. The van der Waals surface area contributed by atoms with Crippen LogP contribution in [-0.4, -0.2) is 51.3 Å². The monoisotopic (exact) mass is 527 g/mol. The first-order valence-electron chi connectivity index (χ1n) is 12.1. The lowest BCUT2D eigenvalue weighted by Crippen LogP contribution is -2.34. The number of nitrogens with two attached hydrogens (primary N) is 1. The predicted molar refractivity (Wildman–Crippen MR) is 138 cm³/mol. The summed E-state index contributed by atoms with van der Waals surface area (Å²) in [6.07, 6.45) is 8.64.